The molecule has 1 aromatic rings. The predicted molar refractivity (Wildman–Crippen MR) is 67.7 cm³/mol. The zero-order valence-corrected chi connectivity index (χ0v) is 11.8. The van der Waals surface area contributed by atoms with Gasteiger partial charge < -0.3 is 5.11 Å². The standard InChI is InChI=1S/C13H17BrF2O/c1-13(2,3)7-6-10(17)8-4-5-9(15)12(16)11(8)14/h4-5,10,17H,6-7H2,1-3H3. The van der Waals surface area contributed by atoms with Gasteiger partial charge in [0.2, 0.25) is 0 Å². The highest BCUT2D eigenvalue weighted by Crippen LogP contribution is 2.32. The molecule has 1 rings (SSSR count). The second kappa shape index (κ2) is 5.44. The van der Waals surface area contributed by atoms with Gasteiger partial charge in [-0.3, -0.25) is 0 Å². The first-order chi connectivity index (χ1) is 7.72. The minimum absolute atomic E-state index is 0.0129. The summed E-state index contributed by atoms with van der Waals surface area (Å²) in [5.74, 6) is -1.86. The van der Waals surface area contributed by atoms with Gasteiger partial charge in [0, 0.05) is 0 Å². The number of aliphatic hydroxyl groups is 1. The molecule has 0 saturated heterocycles. The highest BCUT2D eigenvalue weighted by Gasteiger charge is 2.19. The summed E-state index contributed by atoms with van der Waals surface area (Å²) in [5, 5.41) is 9.96. The number of benzene rings is 1. The monoisotopic (exact) mass is 306 g/mol. The maximum Gasteiger partial charge on any atom is 0.173 e. The summed E-state index contributed by atoms with van der Waals surface area (Å²) in [6.07, 6.45) is 0.547. The number of hydrogen-bond acceptors (Lipinski definition) is 1. The number of hydrogen-bond donors (Lipinski definition) is 1. The van der Waals surface area contributed by atoms with Crippen molar-refractivity contribution in [3.05, 3.63) is 33.8 Å². The quantitative estimate of drug-likeness (QED) is 0.810. The fourth-order valence-corrected chi connectivity index (χ4v) is 2.11. The Hall–Kier alpha value is -0.480. The molecule has 0 heterocycles. The highest BCUT2D eigenvalue weighted by atomic mass is 79.9. The molecule has 17 heavy (non-hydrogen) atoms. The summed E-state index contributed by atoms with van der Waals surface area (Å²) in [4.78, 5) is 0. The zero-order valence-electron chi connectivity index (χ0n) is 10.2. The van der Waals surface area contributed by atoms with Crippen molar-refractivity contribution in [2.24, 2.45) is 5.41 Å². The van der Waals surface area contributed by atoms with E-state index in [1.54, 1.807) is 0 Å². The van der Waals surface area contributed by atoms with Crippen molar-refractivity contribution < 1.29 is 13.9 Å². The SMILES string of the molecule is CC(C)(C)CCC(O)c1ccc(F)c(F)c1Br. The van der Waals surface area contributed by atoms with E-state index in [2.05, 4.69) is 36.7 Å². The molecule has 0 aliphatic carbocycles. The van der Waals surface area contributed by atoms with Crippen molar-refractivity contribution in [1.29, 1.82) is 0 Å². The summed E-state index contributed by atoms with van der Waals surface area (Å²) < 4.78 is 26.2. The second-order valence-corrected chi connectivity index (χ2v) is 6.17. The Kier molecular flexibility index (Phi) is 4.67. The lowest BCUT2D eigenvalue weighted by molar-refractivity contribution is 0.146. The molecular weight excluding hydrogens is 290 g/mol. The van der Waals surface area contributed by atoms with E-state index in [1.807, 2.05) is 0 Å². The first kappa shape index (κ1) is 14.6. The smallest absolute Gasteiger partial charge is 0.173 e. The van der Waals surface area contributed by atoms with Crippen LogP contribution in [0.15, 0.2) is 16.6 Å². The van der Waals surface area contributed by atoms with Crippen LogP contribution in [0.3, 0.4) is 0 Å². The van der Waals surface area contributed by atoms with Gasteiger partial charge in [-0.05, 0) is 45.8 Å². The molecule has 0 aromatic heterocycles. The average Bonchev–Trinajstić information content (AvgIpc) is 2.22. The molecule has 1 nitrogen and oxygen atoms in total. The van der Waals surface area contributed by atoms with Gasteiger partial charge in [-0.15, -0.1) is 0 Å². The van der Waals surface area contributed by atoms with Crippen LogP contribution in [-0.2, 0) is 0 Å². The van der Waals surface area contributed by atoms with Crippen molar-refractivity contribution in [1.82, 2.24) is 0 Å². The molecule has 0 radical (unpaired) electrons. The fourth-order valence-electron chi connectivity index (χ4n) is 1.52. The first-order valence-corrected chi connectivity index (χ1v) is 6.33. The van der Waals surface area contributed by atoms with E-state index in [9.17, 15) is 13.9 Å². The van der Waals surface area contributed by atoms with Crippen molar-refractivity contribution in [2.45, 2.75) is 39.7 Å². The van der Waals surface area contributed by atoms with Crippen LogP contribution in [0.25, 0.3) is 0 Å². The Bertz CT molecular complexity index is 399. The summed E-state index contributed by atoms with van der Waals surface area (Å²) in [6.45, 7) is 6.21. The molecule has 1 aromatic carbocycles. The summed E-state index contributed by atoms with van der Waals surface area (Å²) >= 11 is 2.98. The third-order valence-corrected chi connectivity index (χ3v) is 3.40. The summed E-state index contributed by atoms with van der Waals surface area (Å²) in [5.41, 5.74) is 0.500. The molecule has 0 spiro atoms. The van der Waals surface area contributed by atoms with Crippen molar-refractivity contribution >= 4 is 15.9 Å². The van der Waals surface area contributed by atoms with Crippen LogP contribution in [-0.4, -0.2) is 5.11 Å². The molecule has 0 fully saturated rings. The van der Waals surface area contributed by atoms with Gasteiger partial charge in [-0.2, -0.15) is 0 Å². The summed E-state index contributed by atoms with van der Waals surface area (Å²) in [6, 6.07) is 2.45. The van der Waals surface area contributed by atoms with Crippen molar-refractivity contribution in [3.8, 4) is 0 Å². The molecular formula is C13H17BrF2O. The molecule has 4 heteroatoms. The van der Waals surface area contributed by atoms with Gasteiger partial charge in [-0.1, -0.05) is 26.8 Å². The molecule has 0 amide bonds. The van der Waals surface area contributed by atoms with Crippen LogP contribution in [0.2, 0.25) is 0 Å². The lowest BCUT2D eigenvalue weighted by Gasteiger charge is -2.21. The normalized spacial score (nSPS) is 13.8. The molecule has 1 atom stereocenters. The molecule has 0 aliphatic rings. The minimum atomic E-state index is -0.947. The van der Waals surface area contributed by atoms with E-state index in [-0.39, 0.29) is 9.89 Å². The third kappa shape index (κ3) is 4.03. The molecule has 0 aliphatic heterocycles. The van der Waals surface area contributed by atoms with Crippen molar-refractivity contribution in [3.63, 3.8) is 0 Å². The second-order valence-electron chi connectivity index (χ2n) is 5.38. The fraction of sp³-hybridized carbons (Fsp3) is 0.538. The van der Waals surface area contributed by atoms with E-state index in [0.717, 1.165) is 12.5 Å². The van der Waals surface area contributed by atoms with Crippen molar-refractivity contribution in [2.75, 3.05) is 0 Å². The van der Waals surface area contributed by atoms with E-state index in [0.29, 0.717) is 12.0 Å². The largest absolute Gasteiger partial charge is 0.388 e. The Labute approximate surface area is 109 Å². The predicted octanol–water partition coefficient (Wildman–Crippen LogP) is 4.59. The van der Waals surface area contributed by atoms with E-state index in [1.165, 1.54) is 6.07 Å². The Morgan fingerprint density at radius 3 is 2.41 bits per heavy atom. The molecule has 1 unspecified atom stereocenters. The van der Waals surface area contributed by atoms with E-state index < -0.39 is 17.7 Å². The van der Waals surface area contributed by atoms with Gasteiger partial charge in [0.05, 0.1) is 10.6 Å². The van der Waals surface area contributed by atoms with E-state index in [4.69, 9.17) is 0 Å². The van der Waals surface area contributed by atoms with Gasteiger partial charge in [0.1, 0.15) is 0 Å². The lowest BCUT2D eigenvalue weighted by atomic mass is 9.88. The zero-order chi connectivity index (χ0) is 13.2. The van der Waals surface area contributed by atoms with Crippen LogP contribution < -0.4 is 0 Å². The van der Waals surface area contributed by atoms with E-state index >= 15 is 0 Å². The topological polar surface area (TPSA) is 20.2 Å². The Morgan fingerprint density at radius 1 is 1.29 bits per heavy atom. The minimum Gasteiger partial charge on any atom is -0.388 e. The van der Waals surface area contributed by atoms with Gasteiger partial charge in [0.25, 0.3) is 0 Å². The lowest BCUT2D eigenvalue weighted by Crippen LogP contribution is -2.09. The maximum atomic E-state index is 13.3. The first-order valence-electron chi connectivity index (χ1n) is 5.54. The molecule has 0 bridgehead atoms. The molecule has 96 valence electrons. The van der Waals surface area contributed by atoms with Gasteiger partial charge in [0.15, 0.2) is 11.6 Å². The maximum absolute atomic E-state index is 13.3. The number of rotatable bonds is 3. The van der Waals surface area contributed by atoms with Crippen LogP contribution in [0.4, 0.5) is 8.78 Å². The Morgan fingerprint density at radius 2 is 1.88 bits per heavy atom. The van der Waals surface area contributed by atoms with Crippen LogP contribution >= 0.6 is 15.9 Å². The Balaban J connectivity index is 2.83. The molecule has 0 saturated carbocycles. The summed E-state index contributed by atoms with van der Waals surface area (Å²) in [7, 11) is 0. The van der Waals surface area contributed by atoms with Crippen LogP contribution in [0.5, 0.6) is 0 Å². The number of aliphatic hydroxyl groups excluding tert-OH is 1. The third-order valence-electron chi connectivity index (χ3n) is 2.59. The highest BCUT2D eigenvalue weighted by molar-refractivity contribution is 9.10. The van der Waals surface area contributed by atoms with Crippen LogP contribution in [0.1, 0.15) is 45.3 Å². The van der Waals surface area contributed by atoms with Gasteiger partial charge in [-0.25, -0.2) is 8.78 Å². The van der Waals surface area contributed by atoms with Crippen LogP contribution in [0, 0.1) is 17.0 Å². The average molecular weight is 307 g/mol. The van der Waals surface area contributed by atoms with Gasteiger partial charge >= 0.3 is 0 Å². The number of halogens is 3. The molecule has 1 N–H and O–H groups in total.